The van der Waals surface area contributed by atoms with Crippen LogP contribution in [0, 0.1) is 5.82 Å². The van der Waals surface area contributed by atoms with Gasteiger partial charge < -0.3 is 14.6 Å². The molecule has 7 nitrogen and oxygen atoms in total. The smallest absolute Gasteiger partial charge is 0.301 e. The van der Waals surface area contributed by atoms with Gasteiger partial charge in [0.15, 0.2) is 5.13 Å². The number of aliphatic hydroxyl groups is 1. The molecule has 1 aliphatic rings. The van der Waals surface area contributed by atoms with Crippen molar-refractivity contribution in [3.05, 3.63) is 89.2 Å². The Morgan fingerprint density at radius 3 is 2.56 bits per heavy atom. The second-order valence-corrected chi connectivity index (χ2v) is 10.0. The zero-order chi connectivity index (χ0) is 27.5. The predicted octanol–water partition coefficient (Wildman–Crippen LogP) is 6.64. The van der Waals surface area contributed by atoms with Gasteiger partial charge in [0.05, 0.1) is 35.0 Å². The van der Waals surface area contributed by atoms with Gasteiger partial charge in [0.1, 0.15) is 23.1 Å². The monoisotopic (exact) mass is 546 g/mol. The summed E-state index contributed by atoms with van der Waals surface area (Å²) in [6, 6.07) is 17.0. The van der Waals surface area contributed by atoms with Gasteiger partial charge >= 0.3 is 5.91 Å². The number of fused-ring (bicyclic) bond motifs is 1. The normalized spacial score (nSPS) is 16.7. The molecule has 0 spiro atoms. The first-order valence-corrected chi connectivity index (χ1v) is 13.6. The number of hydrogen-bond donors (Lipinski definition) is 1. The maximum absolute atomic E-state index is 13.9. The Bertz CT molecular complexity index is 1560. The Morgan fingerprint density at radius 2 is 1.82 bits per heavy atom. The number of benzene rings is 3. The molecule has 9 heteroatoms. The van der Waals surface area contributed by atoms with Crippen LogP contribution in [-0.4, -0.2) is 35.0 Å². The van der Waals surface area contributed by atoms with Gasteiger partial charge in [-0.2, -0.15) is 0 Å². The molecule has 1 saturated heterocycles. The van der Waals surface area contributed by atoms with E-state index in [9.17, 15) is 19.1 Å². The van der Waals surface area contributed by atoms with Gasteiger partial charge in [-0.05, 0) is 61.4 Å². The van der Waals surface area contributed by atoms with Crippen LogP contribution in [0.15, 0.2) is 72.3 Å². The molecule has 1 aliphatic heterocycles. The first kappa shape index (κ1) is 26.4. The molecule has 1 atom stereocenters. The quantitative estimate of drug-likeness (QED) is 0.110. The van der Waals surface area contributed by atoms with Gasteiger partial charge in [-0.25, -0.2) is 9.37 Å². The number of rotatable bonds is 9. The number of Topliss-reactive ketones (excluding diaryl/α,β-unsaturated/α-hetero) is 1. The van der Waals surface area contributed by atoms with Crippen molar-refractivity contribution in [2.45, 2.75) is 32.7 Å². The summed E-state index contributed by atoms with van der Waals surface area (Å²) in [4.78, 5) is 32.7. The molecule has 1 N–H and O–H groups in total. The van der Waals surface area contributed by atoms with E-state index in [4.69, 9.17) is 9.47 Å². The second kappa shape index (κ2) is 11.2. The highest BCUT2D eigenvalue weighted by molar-refractivity contribution is 7.22. The summed E-state index contributed by atoms with van der Waals surface area (Å²) in [6.07, 6.45) is 1.86. The minimum Gasteiger partial charge on any atom is -0.507 e. The molecule has 0 saturated carbocycles. The van der Waals surface area contributed by atoms with Crippen LogP contribution in [0.1, 0.15) is 43.9 Å². The van der Waals surface area contributed by atoms with E-state index in [1.807, 2.05) is 6.92 Å². The molecule has 0 bridgehead atoms. The third-order valence-electron chi connectivity index (χ3n) is 6.37. The van der Waals surface area contributed by atoms with E-state index < -0.39 is 23.5 Å². The number of anilines is 1. The minimum absolute atomic E-state index is 0.0692. The Morgan fingerprint density at radius 1 is 1.03 bits per heavy atom. The number of unbranched alkanes of at least 4 members (excludes halogenated alkanes) is 1. The van der Waals surface area contributed by atoms with E-state index in [0.717, 1.165) is 24.2 Å². The molecule has 0 aliphatic carbocycles. The third kappa shape index (κ3) is 5.22. The highest BCUT2D eigenvalue weighted by Gasteiger charge is 2.48. The van der Waals surface area contributed by atoms with Crippen LogP contribution in [0.5, 0.6) is 11.5 Å². The molecule has 2 heterocycles. The predicted molar refractivity (Wildman–Crippen MR) is 149 cm³/mol. The van der Waals surface area contributed by atoms with E-state index in [1.54, 1.807) is 48.5 Å². The molecule has 3 aromatic carbocycles. The summed E-state index contributed by atoms with van der Waals surface area (Å²) in [6.45, 7) is 4.94. The molecule has 1 amide bonds. The lowest BCUT2D eigenvalue weighted by Gasteiger charge is -2.23. The molecule has 200 valence electrons. The molecule has 1 unspecified atom stereocenters. The number of hydrogen-bond acceptors (Lipinski definition) is 7. The van der Waals surface area contributed by atoms with Gasteiger partial charge in [0.25, 0.3) is 5.78 Å². The van der Waals surface area contributed by atoms with Gasteiger partial charge in [-0.3, -0.25) is 14.5 Å². The molecule has 1 aromatic heterocycles. The number of halogens is 1. The average molecular weight is 547 g/mol. The van der Waals surface area contributed by atoms with Crippen LogP contribution in [0.4, 0.5) is 9.52 Å². The number of nitrogens with zero attached hydrogens (tertiary/aromatic N) is 2. The van der Waals surface area contributed by atoms with Crippen LogP contribution >= 0.6 is 11.3 Å². The molecular formula is C30H27FN2O5S. The number of aromatic nitrogens is 1. The number of thiazole rings is 1. The Labute approximate surface area is 229 Å². The van der Waals surface area contributed by atoms with Gasteiger partial charge in [0.2, 0.25) is 0 Å². The van der Waals surface area contributed by atoms with Gasteiger partial charge in [-0.1, -0.05) is 48.9 Å². The number of carbonyl (C=O) groups excluding carboxylic acids is 2. The van der Waals surface area contributed by atoms with Crippen LogP contribution in [0.2, 0.25) is 0 Å². The molecule has 39 heavy (non-hydrogen) atoms. The van der Waals surface area contributed by atoms with Crippen LogP contribution in [0.25, 0.3) is 16.0 Å². The number of amides is 1. The second-order valence-electron chi connectivity index (χ2n) is 9.01. The molecule has 4 aromatic rings. The minimum atomic E-state index is -0.962. The Balaban J connectivity index is 1.64. The summed E-state index contributed by atoms with van der Waals surface area (Å²) in [7, 11) is 0. The van der Waals surface area contributed by atoms with Gasteiger partial charge in [-0.15, -0.1) is 0 Å². The van der Waals surface area contributed by atoms with Crippen molar-refractivity contribution in [1.29, 1.82) is 0 Å². The summed E-state index contributed by atoms with van der Waals surface area (Å²) in [5.74, 6) is -1.23. The fourth-order valence-electron chi connectivity index (χ4n) is 4.47. The number of ether oxygens (including phenoxy) is 2. The average Bonchev–Trinajstić information content (AvgIpc) is 3.46. The highest BCUT2D eigenvalue weighted by atomic mass is 32.1. The van der Waals surface area contributed by atoms with Crippen LogP contribution in [0.3, 0.4) is 0 Å². The fraction of sp³-hybridized carbons (Fsp3) is 0.233. The SMILES string of the molecule is CCCCOc1cccc(/C(O)=C2\C(=O)C(=O)N(c3nc4ccc(F)cc4s3)C2c2ccc(OCC)cc2)c1. The Hall–Kier alpha value is -4.24. The van der Waals surface area contributed by atoms with Crippen molar-refractivity contribution in [2.24, 2.45) is 0 Å². The van der Waals surface area contributed by atoms with E-state index >= 15 is 0 Å². The zero-order valence-electron chi connectivity index (χ0n) is 21.5. The topological polar surface area (TPSA) is 89.0 Å². The first-order valence-electron chi connectivity index (χ1n) is 12.7. The summed E-state index contributed by atoms with van der Waals surface area (Å²) in [5, 5.41) is 11.7. The maximum Gasteiger partial charge on any atom is 0.301 e. The lowest BCUT2D eigenvalue weighted by atomic mass is 9.95. The van der Waals surface area contributed by atoms with Crippen LogP contribution < -0.4 is 14.4 Å². The van der Waals surface area contributed by atoms with Crippen molar-refractivity contribution in [3.8, 4) is 11.5 Å². The molecule has 1 fully saturated rings. The van der Waals surface area contributed by atoms with Crippen molar-refractivity contribution in [2.75, 3.05) is 18.1 Å². The van der Waals surface area contributed by atoms with Crippen LogP contribution in [-0.2, 0) is 9.59 Å². The zero-order valence-corrected chi connectivity index (χ0v) is 22.3. The third-order valence-corrected chi connectivity index (χ3v) is 7.39. The standard InChI is InChI=1S/C30H27FN2O5S/c1-3-5-15-38-22-8-6-7-19(16-22)27(34)25-26(18-9-12-21(13-10-18)37-4-2)33(29(36)28(25)35)30-32-23-14-11-20(31)17-24(23)39-30/h6-14,16-17,26,34H,3-5,15H2,1-2H3/b27-25+. The summed E-state index contributed by atoms with van der Waals surface area (Å²) < 4.78 is 25.7. The van der Waals surface area contributed by atoms with E-state index in [1.165, 1.54) is 23.1 Å². The lowest BCUT2D eigenvalue weighted by Crippen LogP contribution is -2.29. The summed E-state index contributed by atoms with van der Waals surface area (Å²) in [5.41, 5.74) is 1.37. The van der Waals surface area contributed by atoms with E-state index in [0.29, 0.717) is 46.1 Å². The van der Waals surface area contributed by atoms with E-state index in [-0.39, 0.29) is 16.5 Å². The molecule has 5 rings (SSSR count). The van der Waals surface area contributed by atoms with Crippen molar-refractivity contribution in [3.63, 3.8) is 0 Å². The number of ketones is 1. The Kier molecular flexibility index (Phi) is 7.60. The van der Waals surface area contributed by atoms with Crippen molar-refractivity contribution < 1.29 is 28.6 Å². The van der Waals surface area contributed by atoms with Crippen molar-refractivity contribution >= 4 is 44.1 Å². The summed E-state index contributed by atoms with van der Waals surface area (Å²) >= 11 is 1.10. The largest absolute Gasteiger partial charge is 0.507 e. The fourth-order valence-corrected chi connectivity index (χ4v) is 5.49. The number of carbonyl (C=O) groups is 2. The van der Waals surface area contributed by atoms with E-state index in [2.05, 4.69) is 11.9 Å². The maximum atomic E-state index is 13.9. The lowest BCUT2D eigenvalue weighted by molar-refractivity contribution is -0.132. The van der Waals surface area contributed by atoms with Crippen molar-refractivity contribution in [1.82, 2.24) is 4.98 Å². The first-order chi connectivity index (χ1) is 18.9. The van der Waals surface area contributed by atoms with Gasteiger partial charge in [0, 0.05) is 5.56 Å². The highest BCUT2D eigenvalue weighted by Crippen LogP contribution is 2.44. The molecule has 0 radical (unpaired) electrons. The molecular weight excluding hydrogens is 519 g/mol. The number of aliphatic hydroxyl groups excluding tert-OH is 1.